The van der Waals surface area contributed by atoms with Gasteiger partial charge in [-0.3, -0.25) is 9.98 Å². The molecule has 2 atom stereocenters. The lowest BCUT2D eigenvalue weighted by Crippen LogP contribution is -2.31. The average Bonchev–Trinajstić information content (AvgIpc) is 3.04. The van der Waals surface area contributed by atoms with E-state index in [1.165, 1.54) is 12.8 Å². The minimum Gasteiger partial charge on any atom is -0.383 e. The number of fused-ring (bicyclic) bond motifs is 2. The van der Waals surface area contributed by atoms with Crippen molar-refractivity contribution in [3.05, 3.63) is 72.2 Å². The molecule has 0 unspecified atom stereocenters. The lowest BCUT2D eigenvalue weighted by Gasteiger charge is -2.20. The molecule has 0 aromatic rings. The summed E-state index contributed by atoms with van der Waals surface area (Å²) >= 11 is 0. The zero-order chi connectivity index (χ0) is 20.3. The SMILES string of the molecule is C[C@@H]1C[C@@H](C)NC2=CC=CC=CC2=NCCCCCCNC2=CC=CC=CC2=N1. The summed E-state index contributed by atoms with van der Waals surface area (Å²) in [5.74, 6) is 0. The van der Waals surface area contributed by atoms with Gasteiger partial charge in [0.15, 0.2) is 0 Å². The summed E-state index contributed by atoms with van der Waals surface area (Å²) in [7, 11) is 0. The predicted octanol–water partition coefficient (Wildman–Crippen LogP) is 4.81. The molecule has 1 aliphatic heterocycles. The fourth-order valence-corrected chi connectivity index (χ4v) is 3.74. The van der Waals surface area contributed by atoms with Crippen LogP contribution in [0.15, 0.2) is 82.1 Å². The van der Waals surface area contributed by atoms with E-state index in [9.17, 15) is 0 Å². The lowest BCUT2D eigenvalue weighted by atomic mass is 10.1. The number of nitrogens with zero attached hydrogens (tertiary/aromatic N) is 2. The summed E-state index contributed by atoms with van der Waals surface area (Å²) in [5.41, 5.74) is 4.32. The standard InChI is InChI=1S/C25H34N4/c1-20-19-21(2)29-25-16-10-6-8-14-23(25)27-18-12-4-3-11-17-26-22-13-7-5-9-15-24(22)28-20/h5-10,13-16,20-21,26,29H,3-4,11-12,17-19H2,1-2H3/t20-,21-/m1/s1. The van der Waals surface area contributed by atoms with Crippen LogP contribution in [-0.4, -0.2) is 36.6 Å². The number of hydrogen-bond acceptors (Lipinski definition) is 4. The molecule has 4 nitrogen and oxygen atoms in total. The summed E-state index contributed by atoms with van der Waals surface area (Å²) < 4.78 is 0. The van der Waals surface area contributed by atoms with Crippen LogP contribution < -0.4 is 10.6 Å². The first-order valence-corrected chi connectivity index (χ1v) is 11.0. The van der Waals surface area contributed by atoms with Gasteiger partial charge >= 0.3 is 0 Å². The van der Waals surface area contributed by atoms with Gasteiger partial charge in [-0.1, -0.05) is 49.3 Å². The van der Waals surface area contributed by atoms with Crippen LogP contribution in [0.1, 0.15) is 46.0 Å². The molecule has 3 rings (SSSR count). The third kappa shape index (κ3) is 7.04. The maximum atomic E-state index is 5.02. The summed E-state index contributed by atoms with van der Waals surface area (Å²) in [6.45, 7) is 6.28. The van der Waals surface area contributed by atoms with Gasteiger partial charge in [0.2, 0.25) is 0 Å². The summed E-state index contributed by atoms with van der Waals surface area (Å²) in [6, 6.07) is 0.517. The summed E-state index contributed by atoms with van der Waals surface area (Å²) in [4.78, 5) is 9.89. The summed E-state index contributed by atoms with van der Waals surface area (Å²) in [6.07, 6.45) is 26.6. The molecule has 0 saturated carbocycles. The van der Waals surface area contributed by atoms with Gasteiger partial charge in [0, 0.05) is 25.2 Å². The van der Waals surface area contributed by atoms with Crippen molar-refractivity contribution in [1.82, 2.24) is 10.6 Å². The smallest absolute Gasteiger partial charge is 0.0808 e. The Balaban J connectivity index is 1.78. The van der Waals surface area contributed by atoms with Crippen molar-refractivity contribution in [2.75, 3.05) is 13.1 Å². The minimum absolute atomic E-state index is 0.217. The molecule has 1 heterocycles. The van der Waals surface area contributed by atoms with Crippen molar-refractivity contribution in [3.63, 3.8) is 0 Å². The van der Waals surface area contributed by atoms with Crippen molar-refractivity contribution in [2.45, 2.75) is 58.0 Å². The van der Waals surface area contributed by atoms with Crippen LogP contribution in [0.2, 0.25) is 0 Å². The van der Waals surface area contributed by atoms with Crippen molar-refractivity contribution in [2.24, 2.45) is 9.98 Å². The molecule has 0 amide bonds. The van der Waals surface area contributed by atoms with Gasteiger partial charge in [0.05, 0.1) is 22.8 Å². The zero-order valence-electron chi connectivity index (χ0n) is 17.8. The van der Waals surface area contributed by atoms with E-state index in [0.29, 0.717) is 6.04 Å². The van der Waals surface area contributed by atoms with E-state index >= 15 is 0 Å². The Bertz CT molecular complexity index is 790. The van der Waals surface area contributed by atoms with Crippen LogP contribution in [0, 0.1) is 0 Å². The quantitative estimate of drug-likeness (QED) is 0.624. The molecule has 29 heavy (non-hydrogen) atoms. The van der Waals surface area contributed by atoms with E-state index in [1.54, 1.807) is 0 Å². The van der Waals surface area contributed by atoms with Gasteiger partial charge in [0.25, 0.3) is 0 Å². The second-order valence-corrected chi connectivity index (χ2v) is 7.90. The van der Waals surface area contributed by atoms with Crippen molar-refractivity contribution < 1.29 is 0 Å². The van der Waals surface area contributed by atoms with E-state index in [1.807, 2.05) is 0 Å². The highest BCUT2D eigenvalue weighted by Crippen LogP contribution is 2.12. The van der Waals surface area contributed by atoms with E-state index in [0.717, 1.165) is 55.2 Å². The molecule has 154 valence electrons. The predicted molar refractivity (Wildman–Crippen MR) is 126 cm³/mol. The largest absolute Gasteiger partial charge is 0.383 e. The molecule has 0 spiro atoms. The topological polar surface area (TPSA) is 48.8 Å². The van der Waals surface area contributed by atoms with Crippen LogP contribution in [0.4, 0.5) is 0 Å². The van der Waals surface area contributed by atoms with Gasteiger partial charge in [-0.15, -0.1) is 0 Å². The monoisotopic (exact) mass is 390 g/mol. The van der Waals surface area contributed by atoms with Crippen molar-refractivity contribution in [3.8, 4) is 0 Å². The Kier molecular flexibility index (Phi) is 8.29. The summed E-state index contributed by atoms with van der Waals surface area (Å²) in [5, 5.41) is 7.26. The Morgan fingerprint density at radius 2 is 1.52 bits per heavy atom. The third-order valence-corrected chi connectivity index (χ3v) is 5.17. The first-order chi connectivity index (χ1) is 14.2. The van der Waals surface area contributed by atoms with Gasteiger partial charge in [-0.2, -0.15) is 0 Å². The van der Waals surface area contributed by atoms with E-state index in [-0.39, 0.29) is 6.04 Å². The molecule has 0 fully saturated rings. The van der Waals surface area contributed by atoms with Gasteiger partial charge in [-0.25, -0.2) is 0 Å². The second-order valence-electron chi connectivity index (χ2n) is 7.90. The maximum Gasteiger partial charge on any atom is 0.0808 e. The molecular weight excluding hydrogens is 356 g/mol. The molecular formula is C25H34N4. The molecule has 0 aromatic carbocycles. The first kappa shape index (κ1) is 21.1. The van der Waals surface area contributed by atoms with Crippen LogP contribution in [0.5, 0.6) is 0 Å². The minimum atomic E-state index is 0.217. The Hall–Kier alpha value is -2.62. The fraction of sp³-hybridized carbons (Fsp3) is 0.440. The fourth-order valence-electron chi connectivity index (χ4n) is 3.74. The maximum absolute atomic E-state index is 5.02. The third-order valence-electron chi connectivity index (χ3n) is 5.17. The van der Waals surface area contributed by atoms with Crippen LogP contribution in [-0.2, 0) is 0 Å². The Morgan fingerprint density at radius 3 is 2.34 bits per heavy atom. The van der Waals surface area contributed by atoms with Gasteiger partial charge < -0.3 is 10.6 Å². The number of hydrogen-bond donors (Lipinski definition) is 2. The normalized spacial score (nSPS) is 26.1. The van der Waals surface area contributed by atoms with E-state index in [4.69, 9.17) is 9.98 Å². The van der Waals surface area contributed by atoms with Crippen LogP contribution in [0.25, 0.3) is 0 Å². The molecule has 0 bridgehead atoms. The highest BCUT2D eigenvalue weighted by atomic mass is 15.0. The first-order valence-electron chi connectivity index (χ1n) is 11.0. The lowest BCUT2D eigenvalue weighted by molar-refractivity contribution is 0.524. The highest BCUT2D eigenvalue weighted by Gasteiger charge is 2.14. The number of nitrogens with one attached hydrogen (secondary N) is 2. The van der Waals surface area contributed by atoms with Gasteiger partial charge in [-0.05, 0) is 57.4 Å². The molecule has 2 N–H and O–H groups in total. The van der Waals surface area contributed by atoms with E-state index < -0.39 is 0 Å². The number of aliphatic imine (C=N–C) groups is 2. The Labute approximate surface area is 175 Å². The number of rotatable bonds is 0. The van der Waals surface area contributed by atoms with Crippen molar-refractivity contribution in [1.29, 1.82) is 0 Å². The van der Waals surface area contributed by atoms with Crippen LogP contribution >= 0.6 is 0 Å². The molecule has 2 aliphatic carbocycles. The zero-order valence-corrected chi connectivity index (χ0v) is 17.8. The molecule has 0 aromatic heterocycles. The molecule has 0 saturated heterocycles. The molecule has 4 heteroatoms. The van der Waals surface area contributed by atoms with Crippen LogP contribution in [0.3, 0.4) is 0 Å². The van der Waals surface area contributed by atoms with E-state index in [2.05, 4.69) is 85.2 Å². The van der Waals surface area contributed by atoms with Gasteiger partial charge in [0.1, 0.15) is 0 Å². The highest BCUT2D eigenvalue weighted by molar-refractivity contribution is 6.09. The molecule has 0 radical (unpaired) electrons. The molecule has 3 aliphatic rings. The second kappa shape index (κ2) is 11.4. The Morgan fingerprint density at radius 1 is 0.793 bits per heavy atom. The number of allylic oxidation sites excluding steroid dienone is 10. The average molecular weight is 391 g/mol. The van der Waals surface area contributed by atoms with Crippen molar-refractivity contribution >= 4 is 11.4 Å².